The molecule has 1 rings (SSSR count). The fourth-order valence-corrected chi connectivity index (χ4v) is 1.85. The molecule has 0 aromatic carbocycles. The molecule has 0 unspecified atom stereocenters. The minimum absolute atomic E-state index is 0.113. The predicted molar refractivity (Wildman–Crippen MR) is 70.1 cm³/mol. The van der Waals surface area contributed by atoms with E-state index in [-0.39, 0.29) is 17.3 Å². The van der Waals surface area contributed by atoms with Crippen LogP contribution in [0.2, 0.25) is 5.02 Å². The summed E-state index contributed by atoms with van der Waals surface area (Å²) in [7, 11) is 1.83. The van der Waals surface area contributed by atoms with Gasteiger partial charge in [0.05, 0.1) is 9.95 Å². The summed E-state index contributed by atoms with van der Waals surface area (Å²) in [5.74, 6) is 0.534. The Hall–Kier alpha value is -1.40. The van der Waals surface area contributed by atoms with E-state index in [0.29, 0.717) is 5.82 Å². The zero-order valence-electron chi connectivity index (χ0n) is 10.2. The van der Waals surface area contributed by atoms with E-state index in [1.54, 1.807) is 0 Å². The van der Waals surface area contributed by atoms with E-state index in [9.17, 15) is 10.1 Å². The van der Waals surface area contributed by atoms with Crippen LogP contribution in [0.15, 0.2) is 12.3 Å². The summed E-state index contributed by atoms with van der Waals surface area (Å²) in [5, 5.41) is 19.5. The molecule has 0 bridgehead atoms. The first-order valence-corrected chi connectivity index (χ1v) is 6.06. The number of hydrogen-bond acceptors (Lipinski definition) is 5. The number of hydrogen-bond donors (Lipinski definition) is 1. The highest BCUT2D eigenvalue weighted by Gasteiger charge is 2.13. The van der Waals surface area contributed by atoms with Crippen LogP contribution in [-0.4, -0.2) is 35.2 Å². The van der Waals surface area contributed by atoms with Gasteiger partial charge in [-0.3, -0.25) is 10.1 Å². The van der Waals surface area contributed by atoms with Gasteiger partial charge < -0.3 is 10.0 Å². The molecule has 0 aliphatic carbocycles. The van der Waals surface area contributed by atoms with Crippen LogP contribution in [0.1, 0.15) is 19.3 Å². The van der Waals surface area contributed by atoms with Crippen molar-refractivity contribution in [3.8, 4) is 0 Å². The Bertz CT molecular complexity index is 415. The second-order valence-electron chi connectivity index (χ2n) is 3.96. The van der Waals surface area contributed by atoms with Gasteiger partial charge >= 0.3 is 0 Å². The molecule has 18 heavy (non-hydrogen) atoms. The topological polar surface area (TPSA) is 79.5 Å². The number of anilines is 1. The molecule has 7 heteroatoms. The number of nitrogens with zero attached hydrogens (tertiary/aromatic N) is 3. The minimum Gasteiger partial charge on any atom is -0.396 e. The van der Waals surface area contributed by atoms with Gasteiger partial charge in [-0.05, 0) is 19.3 Å². The monoisotopic (exact) mass is 273 g/mol. The Labute approximate surface area is 110 Å². The lowest BCUT2D eigenvalue weighted by Gasteiger charge is -2.18. The third kappa shape index (κ3) is 4.12. The number of halogens is 1. The lowest BCUT2D eigenvalue weighted by Crippen LogP contribution is -2.20. The van der Waals surface area contributed by atoms with E-state index in [4.69, 9.17) is 16.7 Å². The van der Waals surface area contributed by atoms with Gasteiger partial charge in [0, 0.05) is 26.3 Å². The highest BCUT2D eigenvalue weighted by Crippen LogP contribution is 2.26. The fourth-order valence-electron chi connectivity index (χ4n) is 1.54. The van der Waals surface area contributed by atoms with Gasteiger partial charge in [-0.25, -0.2) is 4.98 Å². The Balaban J connectivity index is 2.62. The molecule has 0 atom stereocenters. The first-order valence-electron chi connectivity index (χ1n) is 5.68. The van der Waals surface area contributed by atoms with Gasteiger partial charge in [0.15, 0.2) is 0 Å². The summed E-state index contributed by atoms with van der Waals surface area (Å²) in [6, 6.07) is 1.30. The molecule has 0 spiro atoms. The Kier molecular flexibility index (Phi) is 5.80. The maximum Gasteiger partial charge on any atom is 0.289 e. The normalized spacial score (nSPS) is 10.4. The van der Waals surface area contributed by atoms with Crippen molar-refractivity contribution in [2.75, 3.05) is 25.1 Å². The quantitative estimate of drug-likeness (QED) is 0.468. The lowest BCUT2D eigenvalue weighted by molar-refractivity contribution is -0.385. The van der Waals surface area contributed by atoms with E-state index < -0.39 is 4.92 Å². The molecule has 6 nitrogen and oxygen atoms in total. The average molecular weight is 274 g/mol. The lowest BCUT2D eigenvalue weighted by atomic mass is 10.2. The number of pyridine rings is 1. The second-order valence-corrected chi connectivity index (χ2v) is 4.37. The van der Waals surface area contributed by atoms with Crippen molar-refractivity contribution < 1.29 is 10.0 Å². The zero-order chi connectivity index (χ0) is 13.5. The van der Waals surface area contributed by atoms with Crippen molar-refractivity contribution in [1.29, 1.82) is 0 Å². The average Bonchev–Trinajstić information content (AvgIpc) is 2.34. The summed E-state index contributed by atoms with van der Waals surface area (Å²) < 4.78 is 0. The Morgan fingerprint density at radius 2 is 2.22 bits per heavy atom. The molecule has 0 aliphatic heterocycles. The van der Waals surface area contributed by atoms with Gasteiger partial charge in [-0.15, -0.1) is 0 Å². The van der Waals surface area contributed by atoms with Crippen molar-refractivity contribution in [3.05, 3.63) is 27.4 Å². The van der Waals surface area contributed by atoms with Gasteiger partial charge in [0.25, 0.3) is 5.69 Å². The number of rotatable bonds is 7. The molecule has 1 aromatic rings. The second kappa shape index (κ2) is 7.13. The van der Waals surface area contributed by atoms with Crippen molar-refractivity contribution >= 4 is 23.1 Å². The van der Waals surface area contributed by atoms with Crippen LogP contribution >= 0.6 is 11.6 Å². The third-order valence-electron chi connectivity index (χ3n) is 2.53. The van der Waals surface area contributed by atoms with Crippen molar-refractivity contribution in [2.24, 2.45) is 0 Å². The van der Waals surface area contributed by atoms with Crippen molar-refractivity contribution in [3.63, 3.8) is 0 Å². The van der Waals surface area contributed by atoms with E-state index in [1.807, 2.05) is 11.9 Å². The summed E-state index contributed by atoms with van der Waals surface area (Å²) >= 11 is 5.96. The molecule has 0 amide bonds. The van der Waals surface area contributed by atoms with Gasteiger partial charge in [-0.2, -0.15) is 0 Å². The first kappa shape index (κ1) is 14.7. The van der Waals surface area contributed by atoms with Crippen molar-refractivity contribution in [1.82, 2.24) is 4.98 Å². The number of aromatic nitrogens is 1. The van der Waals surface area contributed by atoms with Gasteiger partial charge in [0.2, 0.25) is 0 Å². The molecular formula is C11H16ClN3O3. The molecule has 0 radical (unpaired) electrons. The Morgan fingerprint density at radius 1 is 1.50 bits per heavy atom. The minimum atomic E-state index is -0.524. The summed E-state index contributed by atoms with van der Waals surface area (Å²) in [5.41, 5.74) is -0.113. The molecule has 0 saturated heterocycles. The summed E-state index contributed by atoms with van der Waals surface area (Å²) in [4.78, 5) is 15.9. The molecule has 1 heterocycles. The van der Waals surface area contributed by atoms with E-state index in [1.165, 1.54) is 12.3 Å². The maximum atomic E-state index is 10.5. The van der Waals surface area contributed by atoms with Crippen LogP contribution < -0.4 is 4.90 Å². The number of nitro groups is 1. The summed E-state index contributed by atoms with van der Waals surface area (Å²) in [6.07, 6.45) is 3.80. The van der Waals surface area contributed by atoms with Crippen LogP contribution in [0, 0.1) is 10.1 Å². The Morgan fingerprint density at radius 3 is 2.78 bits per heavy atom. The van der Waals surface area contributed by atoms with Crippen LogP contribution in [0.3, 0.4) is 0 Å². The molecule has 1 N–H and O–H groups in total. The van der Waals surface area contributed by atoms with Crippen LogP contribution in [0.5, 0.6) is 0 Å². The van der Waals surface area contributed by atoms with Crippen LogP contribution in [0.4, 0.5) is 11.5 Å². The van der Waals surface area contributed by atoms with E-state index in [2.05, 4.69) is 4.98 Å². The number of unbranched alkanes of at least 4 members (excludes halogenated alkanes) is 2. The van der Waals surface area contributed by atoms with E-state index >= 15 is 0 Å². The molecule has 100 valence electrons. The molecule has 1 aromatic heterocycles. The molecule has 0 aliphatic rings. The largest absolute Gasteiger partial charge is 0.396 e. The first-order chi connectivity index (χ1) is 8.56. The van der Waals surface area contributed by atoms with E-state index in [0.717, 1.165) is 25.8 Å². The fraction of sp³-hybridized carbons (Fsp3) is 0.545. The maximum absolute atomic E-state index is 10.5. The molecular weight excluding hydrogens is 258 g/mol. The molecule has 0 saturated carbocycles. The smallest absolute Gasteiger partial charge is 0.289 e. The zero-order valence-corrected chi connectivity index (χ0v) is 10.9. The SMILES string of the molecule is CN(CCCCCO)c1ncc([N+](=O)[O-])cc1Cl. The number of aliphatic hydroxyl groups is 1. The standard InChI is InChI=1S/C11H16ClN3O3/c1-14(5-3-2-4-6-16)11-10(12)7-9(8-13-11)15(17)18/h7-8,16H,2-6H2,1H3. The third-order valence-corrected chi connectivity index (χ3v) is 2.81. The highest BCUT2D eigenvalue weighted by atomic mass is 35.5. The molecule has 0 fully saturated rings. The number of aliphatic hydroxyl groups excluding tert-OH is 1. The predicted octanol–water partition coefficient (Wildman–Crippen LogP) is 2.24. The summed E-state index contributed by atoms with van der Waals surface area (Å²) in [6.45, 7) is 0.935. The van der Waals surface area contributed by atoms with Gasteiger partial charge in [0.1, 0.15) is 12.0 Å². The van der Waals surface area contributed by atoms with Crippen LogP contribution in [0.25, 0.3) is 0 Å². The van der Waals surface area contributed by atoms with Gasteiger partial charge in [-0.1, -0.05) is 11.6 Å². The highest BCUT2D eigenvalue weighted by molar-refractivity contribution is 6.33. The van der Waals surface area contributed by atoms with Crippen LogP contribution in [-0.2, 0) is 0 Å². The van der Waals surface area contributed by atoms with Crippen molar-refractivity contribution in [2.45, 2.75) is 19.3 Å².